The van der Waals surface area contributed by atoms with E-state index in [1.54, 1.807) is 19.1 Å². The summed E-state index contributed by atoms with van der Waals surface area (Å²) >= 11 is 0. The van der Waals surface area contributed by atoms with E-state index in [-0.39, 0.29) is 54.6 Å². The Balaban J connectivity index is 1.82. The third kappa shape index (κ3) is 8.26. The molecule has 0 spiro atoms. The first-order valence-corrected chi connectivity index (χ1v) is 13.2. The molecule has 41 heavy (non-hydrogen) atoms. The van der Waals surface area contributed by atoms with Crippen molar-refractivity contribution >= 4 is 29.3 Å². The van der Waals surface area contributed by atoms with Crippen LogP contribution < -0.4 is 20.7 Å². The van der Waals surface area contributed by atoms with Gasteiger partial charge >= 0.3 is 18.2 Å². The Hall–Kier alpha value is -4.00. The standard InChI is InChI=1S/C28H36F3N5O5/c1-16(2)32-26(39)33-21-10-11-23-22(12-21)25(38)36(18(4)15-37)13-17(3)24(41-23)14-35(5)27(40)34-20-8-6-19(7-9-20)28(29,30)31/h6-12,16-18,24,37H,13-15H2,1-5H3,(H,34,40)(H2,32,33,39)/t17-,18-,24+/m1/s1. The van der Waals surface area contributed by atoms with E-state index in [0.29, 0.717) is 5.69 Å². The number of hydrogen-bond donors (Lipinski definition) is 4. The second-order valence-corrected chi connectivity index (χ2v) is 10.5. The molecule has 0 saturated carbocycles. The van der Waals surface area contributed by atoms with Crippen LogP contribution in [-0.2, 0) is 6.18 Å². The largest absolute Gasteiger partial charge is 0.487 e. The minimum Gasteiger partial charge on any atom is -0.487 e. The number of likely N-dealkylation sites (N-methyl/N-ethyl adjacent to an activating group) is 1. The molecule has 0 fully saturated rings. The van der Waals surface area contributed by atoms with Crippen LogP contribution in [0.25, 0.3) is 0 Å². The molecule has 0 unspecified atom stereocenters. The molecule has 0 aromatic heterocycles. The van der Waals surface area contributed by atoms with Crippen molar-refractivity contribution in [2.75, 3.05) is 37.4 Å². The molecule has 224 valence electrons. The van der Waals surface area contributed by atoms with Gasteiger partial charge in [0.25, 0.3) is 5.91 Å². The topological polar surface area (TPSA) is 123 Å². The van der Waals surface area contributed by atoms with Gasteiger partial charge in [-0.05, 0) is 63.2 Å². The van der Waals surface area contributed by atoms with Crippen LogP contribution in [0.5, 0.6) is 5.75 Å². The number of benzene rings is 2. The zero-order valence-electron chi connectivity index (χ0n) is 23.6. The SMILES string of the molecule is CC(C)NC(=O)Nc1ccc2c(c1)C(=O)N([C@H](C)CO)C[C@@H](C)[C@H](CN(C)C(=O)Nc1ccc(C(F)(F)F)cc1)O2. The number of hydrogen-bond acceptors (Lipinski definition) is 5. The molecule has 1 aliphatic heterocycles. The number of urea groups is 2. The van der Waals surface area contributed by atoms with Gasteiger partial charge in [-0.2, -0.15) is 13.2 Å². The van der Waals surface area contributed by atoms with Crippen LogP contribution in [0, 0.1) is 5.92 Å². The molecule has 10 nitrogen and oxygen atoms in total. The van der Waals surface area contributed by atoms with Crippen molar-refractivity contribution in [3.63, 3.8) is 0 Å². The summed E-state index contributed by atoms with van der Waals surface area (Å²) in [5.41, 5.74) is -0.0775. The zero-order valence-corrected chi connectivity index (χ0v) is 23.6. The van der Waals surface area contributed by atoms with Crippen LogP contribution >= 0.6 is 0 Å². The quantitative estimate of drug-likeness (QED) is 0.381. The second kappa shape index (κ2) is 13.1. The molecule has 2 aromatic carbocycles. The van der Waals surface area contributed by atoms with Gasteiger partial charge in [-0.25, -0.2) is 9.59 Å². The maximum atomic E-state index is 13.5. The predicted octanol–water partition coefficient (Wildman–Crippen LogP) is 4.62. The van der Waals surface area contributed by atoms with E-state index in [1.807, 2.05) is 20.8 Å². The van der Waals surface area contributed by atoms with E-state index in [0.717, 1.165) is 12.1 Å². The van der Waals surface area contributed by atoms with Gasteiger partial charge in [0.05, 0.1) is 30.3 Å². The van der Waals surface area contributed by atoms with E-state index in [2.05, 4.69) is 16.0 Å². The summed E-state index contributed by atoms with van der Waals surface area (Å²) in [7, 11) is 1.52. The lowest BCUT2D eigenvalue weighted by Crippen LogP contribution is -2.50. The summed E-state index contributed by atoms with van der Waals surface area (Å²) in [6.07, 6.45) is -5.08. The number of fused-ring (bicyclic) bond motifs is 1. The second-order valence-electron chi connectivity index (χ2n) is 10.5. The predicted molar refractivity (Wildman–Crippen MR) is 148 cm³/mol. The number of amides is 5. The molecule has 1 aliphatic rings. The van der Waals surface area contributed by atoms with Gasteiger partial charge < -0.3 is 35.6 Å². The molecule has 3 atom stereocenters. The number of halogens is 3. The van der Waals surface area contributed by atoms with Gasteiger partial charge in [0.15, 0.2) is 0 Å². The highest BCUT2D eigenvalue weighted by atomic mass is 19.4. The van der Waals surface area contributed by atoms with Gasteiger partial charge in [0.2, 0.25) is 0 Å². The van der Waals surface area contributed by atoms with Gasteiger partial charge in [-0.3, -0.25) is 4.79 Å². The Morgan fingerprint density at radius 3 is 2.32 bits per heavy atom. The van der Waals surface area contributed by atoms with Crippen molar-refractivity contribution in [3.8, 4) is 5.75 Å². The highest BCUT2D eigenvalue weighted by Gasteiger charge is 2.34. The molecular formula is C28H36F3N5O5. The normalized spacial score (nSPS) is 18.0. The van der Waals surface area contributed by atoms with Crippen molar-refractivity contribution in [2.24, 2.45) is 5.92 Å². The van der Waals surface area contributed by atoms with Crippen LogP contribution in [0.4, 0.5) is 34.1 Å². The molecular weight excluding hydrogens is 543 g/mol. The van der Waals surface area contributed by atoms with Crippen LogP contribution in [0.2, 0.25) is 0 Å². The molecule has 0 radical (unpaired) electrons. The highest BCUT2D eigenvalue weighted by Crippen LogP contribution is 2.31. The summed E-state index contributed by atoms with van der Waals surface area (Å²) in [4.78, 5) is 41.5. The zero-order chi connectivity index (χ0) is 30.5. The Labute approximate surface area is 236 Å². The van der Waals surface area contributed by atoms with Crippen molar-refractivity contribution in [3.05, 3.63) is 53.6 Å². The number of rotatable bonds is 7. The fourth-order valence-corrected chi connectivity index (χ4v) is 4.26. The maximum Gasteiger partial charge on any atom is 0.416 e. The number of carbonyl (C=O) groups excluding carboxylic acids is 3. The van der Waals surface area contributed by atoms with Gasteiger partial charge in [-0.1, -0.05) is 6.92 Å². The Morgan fingerprint density at radius 1 is 1.10 bits per heavy atom. The number of nitrogens with zero attached hydrogens (tertiary/aromatic N) is 2. The van der Waals surface area contributed by atoms with E-state index >= 15 is 0 Å². The highest BCUT2D eigenvalue weighted by molar-refractivity contribution is 5.99. The molecule has 1 heterocycles. The Kier molecular flexibility index (Phi) is 10.1. The van der Waals surface area contributed by atoms with Crippen molar-refractivity contribution in [2.45, 2.75) is 52.1 Å². The average Bonchev–Trinajstić information content (AvgIpc) is 2.89. The number of aliphatic hydroxyl groups is 1. The van der Waals surface area contributed by atoms with E-state index in [4.69, 9.17) is 4.74 Å². The lowest BCUT2D eigenvalue weighted by Gasteiger charge is -2.38. The number of aliphatic hydroxyl groups excluding tert-OH is 1. The summed E-state index contributed by atoms with van der Waals surface area (Å²) in [5, 5.41) is 17.8. The minimum absolute atomic E-state index is 0.0827. The van der Waals surface area contributed by atoms with Crippen LogP contribution in [-0.4, -0.2) is 77.8 Å². The summed E-state index contributed by atoms with van der Waals surface area (Å²) < 4.78 is 44.8. The third-order valence-corrected chi connectivity index (χ3v) is 6.61. The van der Waals surface area contributed by atoms with Crippen LogP contribution in [0.1, 0.15) is 43.6 Å². The van der Waals surface area contributed by atoms with Crippen LogP contribution in [0.15, 0.2) is 42.5 Å². The molecule has 0 bridgehead atoms. The molecule has 4 N–H and O–H groups in total. The Bertz CT molecular complexity index is 1240. The van der Waals surface area contributed by atoms with Crippen molar-refractivity contribution < 1.29 is 37.4 Å². The van der Waals surface area contributed by atoms with E-state index in [9.17, 15) is 32.7 Å². The number of alkyl halides is 3. The van der Waals surface area contributed by atoms with E-state index in [1.165, 1.54) is 35.0 Å². The first-order chi connectivity index (χ1) is 19.2. The summed E-state index contributed by atoms with van der Waals surface area (Å²) in [6, 6.07) is 7.17. The number of carbonyl (C=O) groups is 3. The smallest absolute Gasteiger partial charge is 0.416 e. The molecule has 3 rings (SSSR count). The van der Waals surface area contributed by atoms with Gasteiger partial charge in [-0.15, -0.1) is 0 Å². The Morgan fingerprint density at radius 2 is 1.73 bits per heavy atom. The van der Waals surface area contributed by atoms with Crippen molar-refractivity contribution in [1.82, 2.24) is 15.1 Å². The molecule has 13 heteroatoms. The summed E-state index contributed by atoms with van der Waals surface area (Å²) in [5.74, 6) is -0.418. The van der Waals surface area contributed by atoms with Gasteiger partial charge in [0, 0.05) is 36.9 Å². The first-order valence-electron chi connectivity index (χ1n) is 13.2. The fourth-order valence-electron chi connectivity index (χ4n) is 4.26. The molecule has 0 aliphatic carbocycles. The lowest BCUT2D eigenvalue weighted by molar-refractivity contribution is -0.137. The number of ether oxygens (including phenoxy) is 1. The fraction of sp³-hybridized carbons (Fsp3) is 0.464. The maximum absolute atomic E-state index is 13.5. The first kappa shape index (κ1) is 31.5. The third-order valence-electron chi connectivity index (χ3n) is 6.61. The lowest BCUT2D eigenvalue weighted by atomic mass is 9.99. The van der Waals surface area contributed by atoms with E-state index < -0.39 is 35.9 Å². The van der Waals surface area contributed by atoms with Crippen molar-refractivity contribution in [1.29, 1.82) is 0 Å². The monoisotopic (exact) mass is 579 g/mol. The number of anilines is 2. The minimum atomic E-state index is -4.48. The molecule has 0 saturated heterocycles. The molecule has 5 amide bonds. The van der Waals surface area contributed by atoms with Gasteiger partial charge in [0.1, 0.15) is 11.9 Å². The number of nitrogens with one attached hydrogen (secondary N) is 3. The average molecular weight is 580 g/mol. The summed E-state index contributed by atoms with van der Waals surface area (Å²) in [6.45, 7) is 7.21. The van der Waals surface area contributed by atoms with Crippen LogP contribution in [0.3, 0.4) is 0 Å². The molecule has 2 aromatic rings.